The molecule has 0 spiro atoms. The van der Waals surface area contributed by atoms with Crippen LogP contribution in [-0.2, 0) is 6.61 Å². The minimum Gasteiger partial charge on any atom is -0.424 e. The molecule has 88 valence electrons. The molecule has 1 aromatic carbocycles. The molecule has 0 aliphatic carbocycles. The molecular weight excluding hydrogens is 240 g/mol. The Hall–Kier alpha value is -1.65. The summed E-state index contributed by atoms with van der Waals surface area (Å²) < 4.78 is 5.50. The first-order valence-corrected chi connectivity index (χ1v) is 5.42. The summed E-state index contributed by atoms with van der Waals surface area (Å²) >= 11 is 5.88. The first-order valence-electron chi connectivity index (χ1n) is 5.05. The van der Waals surface area contributed by atoms with Crippen molar-refractivity contribution in [1.29, 1.82) is 0 Å². The number of aromatic nitrogens is 2. The van der Waals surface area contributed by atoms with Gasteiger partial charge in [0.05, 0.1) is 6.61 Å². The lowest BCUT2D eigenvalue weighted by atomic mass is 10.2. The molecular formula is C12H11ClN2O2. The number of aryl methyl sites for hydroxylation is 1. The third kappa shape index (κ3) is 2.93. The van der Waals surface area contributed by atoms with E-state index < -0.39 is 0 Å². The largest absolute Gasteiger partial charge is 0.424 e. The summed E-state index contributed by atoms with van der Waals surface area (Å²) in [5.41, 5.74) is 1.59. The van der Waals surface area contributed by atoms with E-state index in [1.54, 1.807) is 12.1 Å². The molecule has 4 nitrogen and oxygen atoms in total. The highest BCUT2D eigenvalue weighted by molar-refractivity contribution is 6.30. The summed E-state index contributed by atoms with van der Waals surface area (Å²) in [6.07, 6.45) is 3.03. The number of benzene rings is 1. The second-order valence-corrected chi connectivity index (χ2v) is 3.98. The van der Waals surface area contributed by atoms with Gasteiger partial charge in [-0.25, -0.2) is 9.97 Å². The number of ether oxygens (including phenoxy) is 1. The van der Waals surface area contributed by atoms with Crippen molar-refractivity contribution in [3.63, 3.8) is 0 Å². The predicted octanol–water partition coefficient (Wildman–Crippen LogP) is 2.72. The minimum absolute atomic E-state index is 0.0868. The van der Waals surface area contributed by atoms with E-state index in [1.165, 1.54) is 12.4 Å². The van der Waals surface area contributed by atoms with Gasteiger partial charge in [0.2, 0.25) is 0 Å². The van der Waals surface area contributed by atoms with Crippen molar-refractivity contribution in [3.8, 4) is 11.8 Å². The standard InChI is InChI=1S/C12H11ClN2O2/c1-8-2-3-10(13)4-11(8)17-12-14-5-9(7-16)6-15-12/h2-6,16H,7H2,1H3. The van der Waals surface area contributed by atoms with Crippen LogP contribution in [0.2, 0.25) is 5.02 Å². The van der Waals surface area contributed by atoms with Crippen LogP contribution in [0.1, 0.15) is 11.1 Å². The molecule has 0 atom stereocenters. The highest BCUT2D eigenvalue weighted by atomic mass is 35.5. The van der Waals surface area contributed by atoms with Crippen molar-refractivity contribution in [2.75, 3.05) is 0 Å². The van der Waals surface area contributed by atoms with Crippen molar-refractivity contribution < 1.29 is 9.84 Å². The van der Waals surface area contributed by atoms with Crippen LogP contribution in [0.4, 0.5) is 0 Å². The molecule has 2 aromatic rings. The van der Waals surface area contributed by atoms with E-state index in [4.69, 9.17) is 21.4 Å². The summed E-state index contributed by atoms with van der Waals surface area (Å²) in [6, 6.07) is 5.59. The Morgan fingerprint density at radius 2 is 2.00 bits per heavy atom. The van der Waals surface area contributed by atoms with Gasteiger partial charge >= 0.3 is 6.01 Å². The van der Waals surface area contributed by atoms with Crippen molar-refractivity contribution in [2.45, 2.75) is 13.5 Å². The Bertz CT molecular complexity index is 514. The van der Waals surface area contributed by atoms with Crippen LogP contribution in [0, 0.1) is 6.92 Å². The SMILES string of the molecule is Cc1ccc(Cl)cc1Oc1ncc(CO)cn1. The van der Waals surface area contributed by atoms with E-state index >= 15 is 0 Å². The topological polar surface area (TPSA) is 55.2 Å². The second kappa shape index (κ2) is 5.12. The average Bonchev–Trinajstić information content (AvgIpc) is 2.35. The van der Waals surface area contributed by atoms with Gasteiger partial charge in [-0.2, -0.15) is 0 Å². The Labute approximate surface area is 104 Å². The summed E-state index contributed by atoms with van der Waals surface area (Å²) in [6.45, 7) is 1.82. The molecule has 17 heavy (non-hydrogen) atoms. The van der Waals surface area contributed by atoms with Crippen LogP contribution in [0.15, 0.2) is 30.6 Å². The summed E-state index contributed by atoms with van der Waals surface area (Å²) in [4.78, 5) is 7.96. The smallest absolute Gasteiger partial charge is 0.321 e. The molecule has 0 aliphatic rings. The second-order valence-electron chi connectivity index (χ2n) is 3.54. The molecule has 0 unspecified atom stereocenters. The number of hydrogen-bond acceptors (Lipinski definition) is 4. The molecule has 5 heteroatoms. The molecule has 1 heterocycles. The number of hydrogen-bond donors (Lipinski definition) is 1. The van der Waals surface area contributed by atoms with Gasteiger partial charge < -0.3 is 9.84 Å². The molecule has 2 rings (SSSR count). The number of aliphatic hydroxyl groups is 1. The third-order valence-corrected chi connectivity index (χ3v) is 2.45. The maximum atomic E-state index is 8.86. The molecule has 0 saturated carbocycles. The van der Waals surface area contributed by atoms with Gasteiger partial charge in [0, 0.05) is 23.0 Å². The molecule has 0 radical (unpaired) electrons. The Morgan fingerprint density at radius 1 is 1.29 bits per heavy atom. The monoisotopic (exact) mass is 250 g/mol. The fraction of sp³-hybridized carbons (Fsp3) is 0.167. The fourth-order valence-corrected chi connectivity index (χ4v) is 1.42. The van der Waals surface area contributed by atoms with Gasteiger partial charge in [-0.1, -0.05) is 17.7 Å². The molecule has 0 amide bonds. The van der Waals surface area contributed by atoms with E-state index in [1.807, 2.05) is 13.0 Å². The zero-order valence-electron chi connectivity index (χ0n) is 9.22. The fourth-order valence-electron chi connectivity index (χ4n) is 1.26. The highest BCUT2D eigenvalue weighted by Gasteiger charge is 2.04. The molecule has 1 N–H and O–H groups in total. The van der Waals surface area contributed by atoms with Crippen LogP contribution < -0.4 is 4.74 Å². The Morgan fingerprint density at radius 3 is 2.65 bits per heavy atom. The van der Waals surface area contributed by atoms with Crippen LogP contribution in [0.25, 0.3) is 0 Å². The van der Waals surface area contributed by atoms with Crippen molar-refractivity contribution in [2.24, 2.45) is 0 Å². The zero-order chi connectivity index (χ0) is 12.3. The molecule has 0 bridgehead atoms. The van der Waals surface area contributed by atoms with Crippen molar-refractivity contribution in [3.05, 3.63) is 46.7 Å². The number of nitrogens with zero attached hydrogens (tertiary/aromatic N) is 2. The molecule has 0 saturated heterocycles. The van der Waals surface area contributed by atoms with E-state index in [-0.39, 0.29) is 12.6 Å². The lowest BCUT2D eigenvalue weighted by Gasteiger charge is -2.07. The highest BCUT2D eigenvalue weighted by Crippen LogP contribution is 2.25. The van der Waals surface area contributed by atoms with Crippen LogP contribution in [0.5, 0.6) is 11.8 Å². The number of rotatable bonds is 3. The predicted molar refractivity (Wildman–Crippen MR) is 64.2 cm³/mol. The van der Waals surface area contributed by atoms with Gasteiger partial charge in [0.15, 0.2) is 0 Å². The normalized spacial score (nSPS) is 10.3. The van der Waals surface area contributed by atoms with Crippen molar-refractivity contribution >= 4 is 11.6 Å². The third-order valence-electron chi connectivity index (χ3n) is 2.22. The maximum Gasteiger partial charge on any atom is 0.321 e. The van der Waals surface area contributed by atoms with Crippen LogP contribution in [-0.4, -0.2) is 15.1 Å². The van der Waals surface area contributed by atoms with Gasteiger partial charge in [0.1, 0.15) is 5.75 Å². The maximum absolute atomic E-state index is 8.86. The first-order chi connectivity index (χ1) is 8.19. The van der Waals surface area contributed by atoms with Gasteiger partial charge in [0.25, 0.3) is 0 Å². The van der Waals surface area contributed by atoms with Crippen molar-refractivity contribution in [1.82, 2.24) is 9.97 Å². The van der Waals surface area contributed by atoms with E-state index in [9.17, 15) is 0 Å². The van der Waals surface area contributed by atoms with Gasteiger partial charge in [-0.3, -0.25) is 0 Å². The van der Waals surface area contributed by atoms with Crippen LogP contribution in [0.3, 0.4) is 0 Å². The summed E-state index contributed by atoms with van der Waals surface area (Å²) in [5.74, 6) is 0.620. The van der Waals surface area contributed by atoms with E-state index in [0.717, 1.165) is 5.56 Å². The zero-order valence-corrected chi connectivity index (χ0v) is 9.98. The van der Waals surface area contributed by atoms with E-state index in [2.05, 4.69) is 9.97 Å². The van der Waals surface area contributed by atoms with Crippen LogP contribution >= 0.6 is 11.6 Å². The average molecular weight is 251 g/mol. The quantitative estimate of drug-likeness (QED) is 0.910. The van der Waals surface area contributed by atoms with Gasteiger partial charge in [-0.15, -0.1) is 0 Å². The molecule has 0 fully saturated rings. The van der Waals surface area contributed by atoms with E-state index in [0.29, 0.717) is 16.3 Å². The first kappa shape index (κ1) is 11.8. The molecule has 0 aliphatic heterocycles. The number of aliphatic hydroxyl groups excluding tert-OH is 1. The lowest BCUT2D eigenvalue weighted by Crippen LogP contribution is -1.95. The Balaban J connectivity index is 2.22. The van der Waals surface area contributed by atoms with Gasteiger partial charge in [-0.05, 0) is 24.6 Å². The number of halogens is 1. The Kier molecular flexibility index (Phi) is 3.56. The summed E-state index contributed by atoms with van der Waals surface area (Å²) in [7, 11) is 0. The molecule has 1 aromatic heterocycles. The minimum atomic E-state index is -0.0868. The summed E-state index contributed by atoms with van der Waals surface area (Å²) in [5, 5.41) is 9.46. The lowest BCUT2D eigenvalue weighted by molar-refractivity contribution is 0.280.